The molecule has 0 saturated carbocycles. The van der Waals surface area contributed by atoms with Crippen molar-refractivity contribution in [1.29, 1.82) is 0 Å². The summed E-state index contributed by atoms with van der Waals surface area (Å²) in [5.41, 5.74) is 3.38. The van der Waals surface area contributed by atoms with Crippen molar-refractivity contribution in [1.82, 2.24) is 4.98 Å². The molecule has 4 rings (SSSR count). The molecule has 10 heteroatoms. The summed E-state index contributed by atoms with van der Waals surface area (Å²) in [6.07, 6.45) is 0.666. The van der Waals surface area contributed by atoms with Gasteiger partial charge < -0.3 is 25.4 Å². The minimum Gasteiger partial charge on any atom is -0.495 e. The molecule has 0 spiro atoms. The monoisotopic (exact) mass is 578 g/mol. The first-order chi connectivity index (χ1) is 19.0. The molecule has 0 fully saturated rings. The number of ether oxygens (including phenoxy) is 2. The Hall–Kier alpha value is -3.60. The Bertz CT molecular complexity index is 1410. The van der Waals surface area contributed by atoms with Gasteiger partial charge in [-0.1, -0.05) is 25.1 Å². The summed E-state index contributed by atoms with van der Waals surface area (Å²) in [5.74, 6) is 1.44. The molecule has 4 aromatic rings. The molecular formula is C29H30N4O3S3. The third-order valence-corrected chi connectivity index (χ3v) is 7.90. The van der Waals surface area contributed by atoms with Gasteiger partial charge in [-0.15, -0.1) is 23.1 Å². The third kappa shape index (κ3) is 7.95. The average molecular weight is 579 g/mol. The number of rotatable bonds is 11. The minimum absolute atomic E-state index is 0.0817. The van der Waals surface area contributed by atoms with Crippen LogP contribution in [0.5, 0.6) is 11.5 Å². The van der Waals surface area contributed by atoms with Gasteiger partial charge >= 0.3 is 0 Å². The third-order valence-electron chi connectivity index (χ3n) is 5.58. The average Bonchev–Trinajstić information content (AvgIpc) is 3.41. The lowest BCUT2D eigenvalue weighted by atomic mass is 10.2. The van der Waals surface area contributed by atoms with Crippen molar-refractivity contribution in [2.75, 3.05) is 29.7 Å². The maximum atomic E-state index is 13.1. The Balaban J connectivity index is 1.35. The van der Waals surface area contributed by atoms with Gasteiger partial charge in [-0.25, -0.2) is 4.98 Å². The molecule has 1 unspecified atom stereocenters. The number of methoxy groups -OCH3 is 1. The second-order valence-electron chi connectivity index (χ2n) is 8.31. The number of thioether (sulfide) groups is 1. The molecule has 1 aromatic heterocycles. The van der Waals surface area contributed by atoms with Crippen molar-refractivity contribution in [3.05, 3.63) is 78.2 Å². The predicted molar refractivity (Wildman–Crippen MR) is 167 cm³/mol. The standard InChI is InChI=1S/C29H30N4O3S3/c1-4-26(27(34)33-29-32-24(18-38-29)19-13-15-21(16-14-19)36-5-2)39-22-10-8-9-20(17-22)30-28(37)31-23-11-6-7-12-25(23)35-3/h6-18,26H,4-5H2,1-3H3,(H2,30,31,37)(H,32,33,34). The normalized spacial score (nSPS) is 11.4. The van der Waals surface area contributed by atoms with E-state index in [9.17, 15) is 4.79 Å². The fraction of sp³-hybridized carbons (Fsp3) is 0.207. The Kier molecular flexibility index (Phi) is 10.2. The van der Waals surface area contributed by atoms with Gasteiger partial charge in [0, 0.05) is 21.5 Å². The molecule has 0 aliphatic rings. The van der Waals surface area contributed by atoms with Crippen molar-refractivity contribution in [3.8, 4) is 22.8 Å². The number of hydrogen-bond acceptors (Lipinski definition) is 7. The van der Waals surface area contributed by atoms with Crippen molar-refractivity contribution < 1.29 is 14.3 Å². The molecule has 0 aliphatic carbocycles. The fourth-order valence-corrected chi connectivity index (χ4v) is 5.67. The number of carbonyl (C=O) groups excluding carboxylic acids is 1. The molecule has 0 aliphatic heterocycles. The van der Waals surface area contributed by atoms with Crippen molar-refractivity contribution in [3.63, 3.8) is 0 Å². The zero-order valence-electron chi connectivity index (χ0n) is 21.9. The van der Waals surface area contributed by atoms with E-state index in [0.717, 1.165) is 33.3 Å². The second kappa shape index (κ2) is 14.0. The molecule has 0 bridgehead atoms. The van der Waals surface area contributed by atoms with E-state index in [-0.39, 0.29) is 11.2 Å². The summed E-state index contributed by atoms with van der Waals surface area (Å²) in [6.45, 7) is 4.58. The lowest BCUT2D eigenvalue weighted by Crippen LogP contribution is -2.24. The molecule has 0 saturated heterocycles. The molecule has 1 atom stereocenters. The van der Waals surface area contributed by atoms with Crippen LogP contribution in [0.1, 0.15) is 20.3 Å². The highest BCUT2D eigenvalue weighted by atomic mass is 32.2. The van der Waals surface area contributed by atoms with Crippen molar-refractivity contribution >= 4 is 62.8 Å². The van der Waals surface area contributed by atoms with Crippen LogP contribution in [-0.4, -0.2) is 35.0 Å². The number of aromatic nitrogens is 1. The van der Waals surface area contributed by atoms with Gasteiger partial charge in [0.05, 0.1) is 30.3 Å². The van der Waals surface area contributed by atoms with Crippen LogP contribution >= 0.6 is 35.3 Å². The fourth-order valence-electron chi connectivity index (χ4n) is 3.70. The summed E-state index contributed by atoms with van der Waals surface area (Å²) in [4.78, 5) is 18.7. The molecule has 1 heterocycles. The number of thiocarbonyl (C=S) groups is 1. The van der Waals surface area contributed by atoms with Gasteiger partial charge in [0.25, 0.3) is 0 Å². The van der Waals surface area contributed by atoms with Crippen LogP contribution < -0.4 is 25.4 Å². The first-order valence-corrected chi connectivity index (χ1v) is 14.6. The SMILES string of the molecule is CCOc1ccc(-c2csc(NC(=O)C(CC)Sc3cccc(NC(=S)Nc4ccccc4OC)c3)n2)cc1. The van der Waals surface area contributed by atoms with E-state index < -0.39 is 0 Å². The van der Waals surface area contributed by atoms with Crippen LogP contribution in [0, 0.1) is 0 Å². The molecule has 1 amide bonds. The van der Waals surface area contributed by atoms with E-state index in [4.69, 9.17) is 21.7 Å². The summed E-state index contributed by atoms with van der Waals surface area (Å²) in [7, 11) is 1.62. The van der Waals surface area contributed by atoms with E-state index in [0.29, 0.717) is 29.0 Å². The number of para-hydroxylation sites is 2. The zero-order chi connectivity index (χ0) is 27.6. The highest BCUT2D eigenvalue weighted by Gasteiger charge is 2.20. The van der Waals surface area contributed by atoms with Crippen LogP contribution in [0.2, 0.25) is 0 Å². The van der Waals surface area contributed by atoms with Gasteiger partial charge in [0.1, 0.15) is 11.5 Å². The number of amides is 1. The molecule has 202 valence electrons. The molecule has 39 heavy (non-hydrogen) atoms. The maximum Gasteiger partial charge on any atom is 0.239 e. The van der Waals surface area contributed by atoms with E-state index in [1.165, 1.54) is 23.1 Å². The topological polar surface area (TPSA) is 84.5 Å². The number of nitrogens with zero attached hydrogens (tertiary/aromatic N) is 1. The maximum absolute atomic E-state index is 13.1. The number of hydrogen-bond donors (Lipinski definition) is 3. The van der Waals surface area contributed by atoms with Crippen molar-refractivity contribution in [2.24, 2.45) is 0 Å². The molecular weight excluding hydrogens is 549 g/mol. The Morgan fingerprint density at radius 3 is 2.56 bits per heavy atom. The van der Waals surface area contributed by atoms with E-state index in [1.54, 1.807) is 7.11 Å². The first kappa shape index (κ1) is 28.4. The highest BCUT2D eigenvalue weighted by molar-refractivity contribution is 8.00. The van der Waals surface area contributed by atoms with Crippen LogP contribution in [0.4, 0.5) is 16.5 Å². The van der Waals surface area contributed by atoms with Crippen LogP contribution in [0.25, 0.3) is 11.3 Å². The van der Waals surface area contributed by atoms with E-state index in [1.807, 2.05) is 92.0 Å². The smallest absolute Gasteiger partial charge is 0.239 e. The van der Waals surface area contributed by atoms with E-state index in [2.05, 4.69) is 20.9 Å². The van der Waals surface area contributed by atoms with Gasteiger partial charge in [-0.05, 0) is 80.2 Å². The Labute approximate surface area is 242 Å². The summed E-state index contributed by atoms with van der Waals surface area (Å²) in [5, 5.41) is 12.0. The van der Waals surface area contributed by atoms with Crippen LogP contribution in [0.15, 0.2) is 83.1 Å². The van der Waals surface area contributed by atoms with Crippen molar-refractivity contribution in [2.45, 2.75) is 30.4 Å². The summed E-state index contributed by atoms with van der Waals surface area (Å²) < 4.78 is 10.9. The predicted octanol–water partition coefficient (Wildman–Crippen LogP) is 7.54. The highest BCUT2D eigenvalue weighted by Crippen LogP contribution is 2.31. The number of nitrogens with one attached hydrogen (secondary N) is 3. The minimum atomic E-state index is -0.281. The lowest BCUT2D eigenvalue weighted by Gasteiger charge is -2.16. The largest absolute Gasteiger partial charge is 0.495 e. The van der Waals surface area contributed by atoms with Gasteiger partial charge in [-0.3, -0.25) is 4.79 Å². The number of thiazole rings is 1. The lowest BCUT2D eigenvalue weighted by molar-refractivity contribution is -0.115. The Morgan fingerprint density at radius 2 is 1.82 bits per heavy atom. The molecule has 3 N–H and O–H groups in total. The molecule has 7 nitrogen and oxygen atoms in total. The number of anilines is 3. The number of benzene rings is 3. The summed E-state index contributed by atoms with van der Waals surface area (Å²) in [6, 6.07) is 23.2. The van der Waals surface area contributed by atoms with Crippen LogP contribution in [0.3, 0.4) is 0 Å². The van der Waals surface area contributed by atoms with Gasteiger partial charge in [0.2, 0.25) is 5.91 Å². The first-order valence-electron chi connectivity index (χ1n) is 12.5. The quantitative estimate of drug-likeness (QED) is 0.124. The molecule has 0 radical (unpaired) electrons. The molecule has 3 aromatic carbocycles. The number of carbonyl (C=O) groups is 1. The zero-order valence-corrected chi connectivity index (χ0v) is 24.3. The summed E-state index contributed by atoms with van der Waals surface area (Å²) >= 11 is 8.40. The van der Waals surface area contributed by atoms with Gasteiger partial charge in [-0.2, -0.15) is 0 Å². The second-order valence-corrected chi connectivity index (χ2v) is 10.8. The van der Waals surface area contributed by atoms with Crippen LogP contribution in [-0.2, 0) is 4.79 Å². The van der Waals surface area contributed by atoms with Gasteiger partial charge in [0.15, 0.2) is 10.2 Å². The van der Waals surface area contributed by atoms with E-state index >= 15 is 0 Å². The Morgan fingerprint density at radius 1 is 1.03 bits per heavy atom.